The fraction of sp³-hybridized carbons (Fsp3) is 0.333. The molecular formula is C18H18Cl2N2O4S2. The molecule has 1 fully saturated rings. The Bertz CT molecular complexity index is 1060. The van der Waals surface area contributed by atoms with Crippen molar-refractivity contribution in [2.75, 3.05) is 11.4 Å². The molecule has 1 aromatic heterocycles. The molecule has 2 amide bonds. The zero-order valence-electron chi connectivity index (χ0n) is 15.4. The summed E-state index contributed by atoms with van der Waals surface area (Å²) in [6.45, 7) is 5.90. The SMILES string of the molecule is Cc1cc(C)c(N2CC(C(=O)NS(=O)(=O)c3cc(Cl)sc3Cl)CC2=O)c(C)c1. The maximum Gasteiger partial charge on any atom is 0.266 e. The van der Waals surface area contributed by atoms with Crippen LogP contribution in [0.1, 0.15) is 23.1 Å². The van der Waals surface area contributed by atoms with Crippen molar-refractivity contribution in [3.05, 3.63) is 43.6 Å². The monoisotopic (exact) mass is 460 g/mol. The third-order valence-corrected chi connectivity index (χ3v) is 7.65. The molecule has 2 heterocycles. The van der Waals surface area contributed by atoms with Gasteiger partial charge in [0.25, 0.3) is 10.0 Å². The predicted octanol–water partition coefficient (Wildman–Crippen LogP) is 3.84. The number of benzene rings is 1. The Morgan fingerprint density at radius 2 is 1.79 bits per heavy atom. The summed E-state index contributed by atoms with van der Waals surface area (Å²) in [6.07, 6.45) is -0.0633. The van der Waals surface area contributed by atoms with Crippen LogP contribution in [0.4, 0.5) is 5.69 Å². The first-order valence-corrected chi connectivity index (χ1v) is 11.4. The van der Waals surface area contributed by atoms with Gasteiger partial charge in [0.1, 0.15) is 9.23 Å². The standard InChI is InChI=1S/C18H18Cl2N2O4S2/c1-9-4-10(2)16(11(3)5-9)22-8-12(6-15(22)23)18(24)21-28(25,26)13-7-14(19)27-17(13)20/h4-5,7,12H,6,8H2,1-3H3,(H,21,24). The van der Waals surface area contributed by atoms with Crippen LogP contribution < -0.4 is 9.62 Å². The van der Waals surface area contributed by atoms with Crippen LogP contribution in [-0.2, 0) is 19.6 Å². The second-order valence-electron chi connectivity index (χ2n) is 6.81. The van der Waals surface area contributed by atoms with Crippen LogP contribution in [-0.4, -0.2) is 26.8 Å². The van der Waals surface area contributed by atoms with Crippen molar-refractivity contribution in [2.24, 2.45) is 5.92 Å². The second-order valence-corrected chi connectivity index (χ2v) is 10.7. The molecule has 150 valence electrons. The van der Waals surface area contributed by atoms with Gasteiger partial charge in [-0.05, 0) is 38.0 Å². The third kappa shape index (κ3) is 4.05. The van der Waals surface area contributed by atoms with Gasteiger partial charge in [0.15, 0.2) is 0 Å². The summed E-state index contributed by atoms with van der Waals surface area (Å²) < 4.78 is 27.1. The average Bonchev–Trinajstić information content (AvgIpc) is 3.09. The van der Waals surface area contributed by atoms with Gasteiger partial charge < -0.3 is 4.90 Å². The van der Waals surface area contributed by atoms with Gasteiger partial charge in [-0.25, -0.2) is 13.1 Å². The Morgan fingerprint density at radius 1 is 1.18 bits per heavy atom. The molecule has 0 aliphatic carbocycles. The number of carbonyl (C=O) groups excluding carboxylic acids is 2. The summed E-state index contributed by atoms with van der Waals surface area (Å²) in [4.78, 5) is 26.4. The molecule has 2 aromatic rings. The van der Waals surface area contributed by atoms with E-state index in [0.717, 1.165) is 33.7 Å². The van der Waals surface area contributed by atoms with Gasteiger partial charge in [0.05, 0.1) is 10.3 Å². The summed E-state index contributed by atoms with van der Waals surface area (Å²) in [7, 11) is -4.16. The van der Waals surface area contributed by atoms with Crippen molar-refractivity contribution in [3.8, 4) is 0 Å². The summed E-state index contributed by atoms with van der Waals surface area (Å²) >= 11 is 12.6. The highest BCUT2D eigenvalue weighted by atomic mass is 35.5. The molecule has 28 heavy (non-hydrogen) atoms. The minimum absolute atomic E-state index is 0.0275. The number of nitrogens with zero attached hydrogens (tertiary/aromatic N) is 1. The molecule has 3 rings (SSSR count). The Balaban J connectivity index is 1.80. The summed E-state index contributed by atoms with van der Waals surface area (Å²) in [6, 6.07) is 5.13. The fourth-order valence-corrected chi connectivity index (χ4v) is 6.67. The Hall–Kier alpha value is -1.61. The molecule has 10 heteroatoms. The first-order valence-electron chi connectivity index (χ1n) is 8.39. The lowest BCUT2D eigenvalue weighted by Gasteiger charge is -2.22. The first kappa shape index (κ1) is 21.1. The Morgan fingerprint density at radius 3 is 2.32 bits per heavy atom. The van der Waals surface area contributed by atoms with Gasteiger partial charge in [0, 0.05) is 18.7 Å². The maximum atomic E-state index is 12.6. The molecule has 6 nitrogen and oxygen atoms in total. The van der Waals surface area contributed by atoms with Crippen LogP contribution in [0.3, 0.4) is 0 Å². The van der Waals surface area contributed by atoms with Crippen LogP contribution in [0.2, 0.25) is 8.67 Å². The second kappa shape index (κ2) is 7.67. The highest BCUT2D eigenvalue weighted by Crippen LogP contribution is 2.35. The van der Waals surface area contributed by atoms with E-state index in [4.69, 9.17) is 23.2 Å². The van der Waals surface area contributed by atoms with Crippen molar-refractivity contribution in [1.82, 2.24) is 4.72 Å². The van der Waals surface area contributed by atoms with Crippen molar-refractivity contribution < 1.29 is 18.0 Å². The van der Waals surface area contributed by atoms with E-state index in [2.05, 4.69) is 0 Å². The molecule has 1 aliphatic rings. The van der Waals surface area contributed by atoms with Gasteiger partial charge in [0.2, 0.25) is 11.8 Å². The Kier molecular flexibility index (Phi) is 5.78. The lowest BCUT2D eigenvalue weighted by atomic mass is 10.0. The maximum absolute atomic E-state index is 12.6. The Labute approximate surface area is 177 Å². The molecule has 1 unspecified atom stereocenters. The molecule has 0 spiro atoms. The molecule has 1 saturated heterocycles. The number of aryl methyl sites for hydroxylation is 3. The van der Waals surface area contributed by atoms with E-state index >= 15 is 0 Å². The van der Waals surface area contributed by atoms with E-state index in [0.29, 0.717) is 0 Å². The molecule has 1 atom stereocenters. The topological polar surface area (TPSA) is 83.6 Å². The van der Waals surface area contributed by atoms with Crippen LogP contribution in [0.25, 0.3) is 0 Å². The highest BCUT2D eigenvalue weighted by molar-refractivity contribution is 7.90. The minimum Gasteiger partial charge on any atom is -0.311 e. The van der Waals surface area contributed by atoms with Crippen molar-refractivity contribution in [1.29, 1.82) is 0 Å². The molecule has 0 saturated carbocycles. The van der Waals surface area contributed by atoms with Crippen molar-refractivity contribution in [3.63, 3.8) is 0 Å². The largest absolute Gasteiger partial charge is 0.311 e. The van der Waals surface area contributed by atoms with Crippen molar-refractivity contribution in [2.45, 2.75) is 32.1 Å². The zero-order chi connectivity index (χ0) is 20.8. The third-order valence-electron chi connectivity index (χ3n) is 4.55. The van der Waals surface area contributed by atoms with Gasteiger partial charge >= 0.3 is 0 Å². The van der Waals surface area contributed by atoms with E-state index in [1.165, 1.54) is 6.07 Å². The smallest absolute Gasteiger partial charge is 0.266 e. The minimum atomic E-state index is -4.16. The normalized spacial score (nSPS) is 17.2. The number of nitrogens with one attached hydrogen (secondary N) is 1. The fourth-order valence-electron chi connectivity index (χ4n) is 3.48. The molecule has 1 aromatic carbocycles. The van der Waals surface area contributed by atoms with Crippen LogP contribution in [0.5, 0.6) is 0 Å². The molecule has 1 N–H and O–H groups in total. The molecular weight excluding hydrogens is 443 g/mol. The number of hydrogen-bond donors (Lipinski definition) is 1. The summed E-state index contributed by atoms with van der Waals surface area (Å²) in [5.74, 6) is -1.74. The first-order chi connectivity index (χ1) is 13.0. The zero-order valence-corrected chi connectivity index (χ0v) is 18.5. The molecule has 1 aliphatic heterocycles. The number of sulfonamides is 1. The number of thiophene rings is 1. The lowest BCUT2D eigenvalue weighted by molar-refractivity contribution is -0.124. The van der Waals surface area contributed by atoms with Crippen LogP contribution in [0, 0.1) is 26.7 Å². The number of amides is 2. The number of rotatable bonds is 4. The molecule has 0 radical (unpaired) electrons. The van der Waals surface area contributed by atoms with Crippen LogP contribution >= 0.6 is 34.5 Å². The summed E-state index contributed by atoms with van der Waals surface area (Å²) in [5, 5.41) is 0. The average molecular weight is 461 g/mol. The highest BCUT2D eigenvalue weighted by Gasteiger charge is 2.38. The quantitative estimate of drug-likeness (QED) is 0.750. The predicted molar refractivity (Wildman–Crippen MR) is 111 cm³/mol. The number of hydrogen-bond acceptors (Lipinski definition) is 5. The van der Waals surface area contributed by atoms with E-state index in [9.17, 15) is 18.0 Å². The van der Waals surface area contributed by atoms with Gasteiger partial charge in [-0.15, -0.1) is 11.3 Å². The number of anilines is 1. The van der Waals surface area contributed by atoms with E-state index in [-0.39, 0.29) is 32.4 Å². The van der Waals surface area contributed by atoms with E-state index in [1.807, 2.05) is 37.6 Å². The van der Waals surface area contributed by atoms with E-state index < -0.39 is 21.8 Å². The van der Waals surface area contributed by atoms with Crippen LogP contribution in [0.15, 0.2) is 23.1 Å². The molecule has 0 bridgehead atoms. The van der Waals surface area contributed by atoms with Gasteiger partial charge in [-0.3, -0.25) is 9.59 Å². The van der Waals surface area contributed by atoms with Gasteiger partial charge in [-0.1, -0.05) is 40.9 Å². The number of halogens is 2. The summed E-state index contributed by atoms with van der Waals surface area (Å²) in [5.41, 5.74) is 3.71. The lowest BCUT2D eigenvalue weighted by Crippen LogP contribution is -2.37. The van der Waals surface area contributed by atoms with Crippen molar-refractivity contribution >= 4 is 62.1 Å². The number of carbonyl (C=O) groups is 2. The van der Waals surface area contributed by atoms with Gasteiger partial charge in [-0.2, -0.15) is 0 Å². The van der Waals surface area contributed by atoms with E-state index in [1.54, 1.807) is 4.90 Å².